The smallest absolute Gasteiger partial charge is 0.266 e. The standard InChI is InChI=1S/C16H19F2N5O/c1-3-4-5-6-22-13-10(7-12(19-13)11-8-16(11,17)18)14(24)23-9(2)20-21-15(22)23/h11H,3-8H2,1-2H3. The van der Waals surface area contributed by atoms with Crippen molar-refractivity contribution < 1.29 is 8.78 Å². The number of hydrogen-bond donors (Lipinski definition) is 0. The van der Waals surface area contributed by atoms with E-state index in [2.05, 4.69) is 22.1 Å². The molecular weight excluding hydrogens is 316 g/mol. The Bertz CT molecular complexity index is 911. The highest BCUT2D eigenvalue weighted by atomic mass is 19.3. The molecule has 0 radical (unpaired) electrons. The molecule has 2 aromatic heterocycles. The summed E-state index contributed by atoms with van der Waals surface area (Å²) < 4.78 is 30.1. The van der Waals surface area contributed by atoms with E-state index in [1.807, 2.05) is 4.57 Å². The highest BCUT2D eigenvalue weighted by Gasteiger charge is 2.60. The van der Waals surface area contributed by atoms with Gasteiger partial charge in [0.05, 0.1) is 11.5 Å². The second kappa shape index (κ2) is 5.19. The lowest BCUT2D eigenvalue weighted by atomic mass is 10.1. The summed E-state index contributed by atoms with van der Waals surface area (Å²) in [6.07, 6.45) is 3.06. The molecule has 0 N–H and O–H groups in total. The van der Waals surface area contributed by atoms with Crippen LogP contribution in [0.3, 0.4) is 0 Å². The molecule has 1 aliphatic carbocycles. The minimum Gasteiger partial charge on any atom is -0.294 e. The molecule has 1 fully saturated rings. The number of alkyl halides is 2. The first-order valence-corrected chi connectivity index (χ1v) is 8.36. The molecule has 2 aliphatic rings. The largest absolute Gasteiger partial charge is 0.294 e. The van der Waals surface area contributed by atoms with E-state index >= 15 is 0 Å². The number of halogens is 2. The molecule has 0 bridgehead atoms. The Morgan fingerprint density at radius 3 is 2.71 bits per heavy atom. The molecule has 0 aromatic carbocycles. The first-order valence-electron chi connectivity index (χ1n) is 8.36. The normalized spacial score (nSPS) is 21.2. The van der Waals surface area contributed by atoms with Gasteiger partial charge in [0, 0.05) is 25.1 Å². The van der Waals surface area contributed by atoms with E-state index < -0.39 is 11.8 Å². The lowest BCUT2D eigenvalue weighted by Gasteiger charge is -2.12. The molecule has 128 valence electrons. The molecule has 4 rings (SSSR count). The Labute approximate surface area is 137 Å². The fourth-order valence-corrected chi connectivity index (χ4v) is 3.39. The second-order valence-corrected chi connectivity index (χ2v) is 6.65. The number of hydrogen-bond acceptors (Lipinski definition) is 4. The topological polar surface area (TPSA) is 64.5 Å². The van der Waals surface area contributed by atoms with Gasteiger partial charge in [-0.25, -0.2) is 18.2 Å². The average Bonchev–Trinajstić information content (AvgIpc) is 2.91. The van der Waals surface area contributed by atoms with Crippen LogP contribution in [0.1, 0.15) is 44.0 Å². The SMILES string of the molecule is CCCCCn1c2c(c(=O)n3c(C)nnc13)CC(C1CC1(F)F)=N2. The van der Waals surface area contributed by atoms with Crippen LogP contribution in [0.4, 0.5) is 14.6 Å². The third-order valence-electron chi connectivity index (χ3n) is 4.86. The molecule has 2 aromatic rings. The van der Waals surface area contributed by atoms with Gasteiger partial charge in [-0.3, -0.25) is 9.36 Å². The lowest BCUT2D eigenvalue weighted by molar-refractivity contribution is 0.110. The second-order valence-electron chi connectivity index (χ2n) is 6.65. The van der Waals surface area contributed by atoms with Crippen molar-refractivity contribution in [1.29, 1.82) is 0 Å². The van der Waals surface area contributed by atoms with E-state index in [4.69, 9.17) is 0 Å². The van der Waals surface area contributed by atoms with Crippen molar-refractivity contribution >= 4 is 17.3 Å². The zero-order chi connectivity index (χ0) is 17.1. The number of aryl methyl sites for hydroxylation is 2. The maximum absolute atomic E-state index is 13.4. The van der Waals surface area contributed by atoms with Gasteiger partial charge in [0.25, 0.3) is 11.5 Å². The average molecular weight is 335 g/mol. The summed E-state index contributed by atoms with van der Waals surface area (Å²) in [6.45, 7) is 4.48. The van der Waals surface area contributed by atoms with Crippen molar-refractivity contribution in [3.8, 4) is 0 Å². The van der Waals surface area contributed by atoms with E-state index in [1.54, 1.807) is 6.92 Å². The Balaban J connectivity index is 1.84. The maximum Gasteiger partial charge on any atom is 0.266 e. The fraction of sp³-hybridized carbons (Fsp3) is 0.625. The van der Waals surface area contributed by atoms with E-state index in [-0.39, 0.29) is 18.4 Å². The number of fused-ring (bicyclic) bond motifs is 2. The highest BCUT2D eigenvalue weighted by molar-refractivity contribution is 5.97. The molecule has 0 spiro atoms. The summed E-state index contributed by atoms with van der Waals surface area (Å²) in [5.74, 6) is -2.05. The number of nitrogens with zero attached hydrogens (tertiary/aromatic N) is 5. The number of aromatic nitrogens is 4. The molecule has 6 nitrogen and oxygen atoms in total. The van der Waals surface area contributed by atoms with Crippen LogP contribution in [-0.4, -0.2) is 30.8 Å². The van der Waals surface area contributed by atoms with Gasteiger partial charge >= 0.3 is 0 Å². The summed E-state index contributed by atoms with van der Waals surface area (Å²) in [6, 6.07) is 0. The zero-order valence-corrected chi connectivity index (χ0v) is 13.7. The van der Waals surface area contributed by atoms with Crippen molar-refractivity contribution in [1.82, 2.24) is 19.2 Å². The van der Waals surface area contributed by atoms with Crippen LogP contribution in [0.2, 0.25) is 0 Å². The van der Waals surface area contributed by atoms with Gasteiger partial charge in [0.2, 0.25) is 5.78 Å². The Morgan fingerprint density at radius 2 is 2.04 bits per heavy atom. The first kappa shape index (κ1) is 15.4. The van der Waals surface area contributed by atoms with E-state index in [0.29, 0.717) is 35.2 Å². The quantitative estimate of drug-likeness (QED) is 0.789. The van der Waals surface area contributed by atoms with Gasteiger partial charge < -0.3 is 0 Å². The van der Waals surface area contributed by atoms with E-state index in [1.165, 1.54) is 4.40 Å². The van der Waals surface area contributed by atoms with Crippen molar-refractivity contribution in [2.75, 3.05) is 0 Å². The van der Waals surface area contributed by atoms with Gasteiger partial charge in [-0.1, -0.05) is 19.8 Å². The van der Waals surface area contributed by atoms with Crippen molar-refractivity contribution in [2.45, 2.75) is 58.4 Å². The van der Waals surface area contributed by atoms with Crippen LogP contribution in [0, 0.1) is 12.8 Å². The van der Waals surface area contributed by atoms with Gasteiger partial charge in [-0.15, -0.1) is 10.2 Å². The summed E-state index contributed by atoms with van der Waals surface area (Å²) >= 11 is 0. The Hall–Kier alpha value is -2.12. The van der Waals surface area contributed by atoms with E-state index in [0.717, 1.165) is 19.3 Å². The third kappa shape index (κ3) is 2.19. The molecule has 0 amide bonds. The van der Waals surface area contributed by atoms with Crippen LogP contribution in [0.25, 0.3) is 5.78 Å². The molecule has 24 heavy (non-hydrogen) atoms. The first-order chi connectivity index (χ1) is 11.4. The number of rotatable bonds is 5. The minimum atomic E-state index is -2.67. The van der Waals surface area contributed by atoms with Crippen LogP contribution in [0.15, 0.2) is 9.79 Å². The highest BCUT2D eigenvalue weighted by Crippen LogP contribution is 2.51. The summed E-state index contributed by atoms with van der Waals surface area (Å²) in [7, 11) is 0. The molecule has 3 heterocycles. The van der Waals surface area contributed by atoms with Gasteiger partial charge in [-0.2, -0.15) is 0 Å². The fourth-order valence-electron chi connectivity index (χ4n) is 3.39. The van der Waals surface area contributed by atoms with Crippen molar-refractivity contribution in [3.05, 3.63) is 21.7 Å². The molecule has 1 saturated carbocycles. The summed E-state index contributed by atoms with van der Waals surface area (Å²) in [5, 5.41) is 8.11. The molecular formula is C16H19F2N5O. The van der Waals surface area contributed by atoms with Crippen molar-refractivity contribution in [2.24, 2.45) is 10.9 Å². The van der Waals surface area contributed by atoms with Crippen LogP contribution in [0.5, 0.6) is 0 Å². The van der Waals surface area contributed by atoms with Crippen LogP contribution in [-0.2, 0) is 13.0 Å². The maximum atomic E-state index is 13.4. The van der Waals surface area contributed by atoms with Crippen LogP contribution >= 0.6 is 0 Å². The zero-order valence-electron chi connectivity index (χ0n) is 13.7. The number of unbranched alkanes of at least 4 members (excludes halogenated alkanes) is 2. The predicted molar refractivity (Wildman–Crippen MR) is 85.4 cm³/mol. The summed E-state index contributed by atoms with van der Waals surface area (Å²) in [4.78, 5) is 17.2. The van der Waals surface area contributed by atoms with Gasteiger partial charge in [-0.05, 0) is 13.3 Å². The predicted octanol–water partition coefficient (Wildman–Crippen LogP) is 2.67. The number of aliphatic imine (C=N–C) groups is 1. The monoisotopic (exact) mass is 335 g/mol. The third-order valence-corrected chi connectivity index (χ3v) is 4.86. The molecule has 1 atom stereocenters. The molecule has 8 heteroatoms. The summed E-state index contributed by atoms with van der Waals surface area (Å²) in [5.41, 5.74) is 0.673. The van der Waals surface area contributed by atoms with E-state index in [9.17, 15) is 13.6 Å². The molecule has 1 unspecified atom stereocenters. The Kier molecular flexibility index (Phi) is 3.33. The van der Waals surface area contributed by atoms with Gasteiger partial charge in [0.1, 0.15) is 11.6 Å². The minimum absolute atomic E-state index is 0.165. The van der Waals surface area contributed by atoms with Crippen molar-refractivity contribution in [3.63, 3.8) is 0 Å². The van der Waals surface area contributed by atoms with Gasteiger partial charge in [0.15, 0.2) is 0 Å². The van der Waals surface area contributed by atoms with Crippen LogP contribution < -0.4 is 5.56 Å². The molecule has 0 saturated heterocycles. The Morgan fingerprint density at radius 1 is 1.29 bits per heavy atom. The molecule has 1 aliphatic heterocycles. The lowest BCUT2D eigenvalue weighted by Crippen LogP contribution is -2.23.